The molecule has 0 spiro atoms. The third kappa shape index (κ3) is 4.26. The first-order valence-corrected chi connectivity index (χ1v) is 11.6. The Balaban J connectivity index is 1.51. The van der Waals surface area contributed by atoms with E-state index in [9.17, 15) is 18.0 Å². The Hall–Kier alpha value is -2.62. The highest BCUT2D eigenvalue weighted by molar-refractivity contribution is 7.89. The molecule has 0 saturated carbocycles. The molecule has 0 atom stereocenters. The van der Waals surface area contributed by atoms with Crippen LogP contribution in [0.15, 0.2) is 35.2 Å². The summed E-state index contributed by atoms with van der Waals surface area (Å²) in [5.74, 6) is -0.185. The molecule has 0 aliphatic carbocycles. The summed E-state index contributed by atoms with van der Waals surface area (Å²) < 4.78 is 33.0. The van der Waals surface area contributed by atoms with Gasteiger partial charge in [-0.3, -0.25) is 9.59 Å². The Morgan fingerprint density at radius 1 is 1.03 bits per heavy atom. The number of carbonyl (C=O) groups is 2. The van der Waals surface area contributed by atoms with Crippen molar-refractivity contribution in [3.8, 4) is 5.75 Å². The van der Waals surface area contributed by atoms with Gasteiger partial charge in [0.15, 0.2) is 6.61 Å². The number of carbonyl (C=O) groups excluding carboxylic acids is 2. The molecular formula is C21H22ClN3O5S. The van der Waals surface area contributed by atoms with Crippen LogP contribution in [0.5, 0.6) is 5.75 Å². The van der Waals surface area contributed by atoms with Crippen molar-refractivity contribution in [3.05, 3.63) is 52.0 Å². The molecule has 2 aromatic carbocycles. The van der Waals surface area contributed by atoms with E-state index in [1.54, 1.807) is 4.90 Å². The van der Waals surface area contributed by atoms with E-state index >= 15 is 0 Å². The van der Waals surface area contributed by atoms with Crippen molar-refractivity contribution >= 4 is 39.1 Å². The van der Waals surface area contributed by atoms with E-state index in [2.05, 4.69) is 5.32 Å². The Bertz CT molecular complexity index is 1150. The monoisotopic (exact) mass is 463 g/mol. The summed E-state index contributed by atoms with van der Waals surface area (Å²) in [5, 5.41) is 2.60. The number of fused-ring (bicyclic) bond motifs is 1. The van der Waals surface area contributed by atoms with Gasteiger partial charge in [-0.15, -0.1) is 0 Å². The second-order valence-corrected chi connectivity index (χ2v) is 10.0. The Kier molecular flexibility index (Phi) is 5.67. The van der Waals surface area contributed by atoms with E-state index in [-0.39, 0.29) is 60.3 Å². The van der Waals surface area contributed by atoms with Crippen LogP contribution in [0.25, 0.3) is 0 Å². The fourth-order valence-corrected chi connectivity index (χ4v) is 5.77. The average molecular weight is 464 g/mol. The second-order valence-electron chi connectivity index (χ2n) is 7.69. The third-order valence-electron chi connectivity index (χ3n) is 5.28. The number of anilines is 1. The molecule has 4 rings (SSSR count). The maximum atomic E-state index is 13.2. The molecule has 0 bridgehead atoms. The highest BCUT2D eigenvalue weighted by Crippen LogP contribution is 2.37. The molecule has 2 amide bonds. The molecule has 10 heteroatoms. The number of aryl methyl sites for hydroxylation is 2. The number of sulfonamides is 1. The number of hydrogen-bond acceptors (Lipinski definition) is 5. The number of ether oxygens (including phenoxy) is 1. The molecule has 0 aromatic heterocycles. The van der Waals surface area contributed by atoms with Crippen molar-refractivity contribution in [2.45, 2.75) is 18.7 Å². The van der Waals surface area contributed by atoms with Gasteiger partial charge >= 0.3 is 0 Å². The van der Waals surface area contributed by atoms with Gasteiger partial charge in [0.05, 0.1) is 10.7 Å². The lowest BCUT2D eigenvalue weighted by atomic mass is 10.1. The van der Waals surface area contributed by atoms with Crippen LogP contribution in [0.1, 0.15) is 21.5 Å². The normalized spacial score (nSPS) is 17.0. The minimum absolute atomic E-state index is 0.00158. The van der Waals surface area contributed by atoms with Gasteiger partial charge < -0.3 is 15.0 Å². The van der Waals surface area contributed by atoms with Gasteiger partial charge in [0, 0.05) is 37.8 Å². The van der Waals surface area contributed by atoms with Crippen molar-refractivity contribution < 1.29 is 22.7 Å². The zero-order valence-corrected chi connectivity index (χ0v) is 18.7. The Morgan fingerprint density at radius 3 is 2.32 bits per heavy atom. The minimum atomic E-state index is -3.90. The van der Waals surface area contributed by atoms with Gasteiger partial charge in [-0.05, 0) is 32.0 Å². The number of nitrogens with zero attached hydrogens (tertiary/aromatic N) is 2. The Morgan fingerprint density at radius 2 is 1.68 bits per heavy atom. The number of piperazine rings is 1. The largest absolute Gasteiger partial charge is 0.482 e. The van der Waals surface area contributed by atoms with Crippen molar-refractivity contribution in [2.75, 3.05) is 38.1 Å². The van der Waals surface area contributed by atoms with Crippen LogP contribution < -0.4 is 10.1 Å². The topological polar surface area (TPSA) is 96.0 Å². The molecule has 2 aromatic rings. The molecule has 2 aliphatic heterocycles. The van der Waals surface area contributed by atoms with Crippen LogP contribution >= 0.6 is 11.6 Å². The zero-order chi connectivity index (χ0) is 22.3. The molecule has 164 valence electrons. The van der Waals surface area contributed by atoms with Crippen LogP contribution in [0.4, 0.5) is 5.69 Å². The molecule has 2 heterocycles. The van der Waals surface area contributed by atoms with Crippen molar-refractivity contribution in [2.24, 2.45) is 0 Å². The number of rotatable bonds is 3. The second kappa shape index (κ2) is 8.14. The molecular weight excluding hydrogens is 442 g/mol. The predicted octanol–water partition coefficient (Wildman–Crippen LogP) is 2.43. The maximum absolute atomic E-state index is 13.2. The summed E-state index contributed by atoms with van der Waals surface area (Å²) in [4.78, 5) is 25.9. The van der Waals surface area contributed by atoms with Crippen LogP contribution in [-0.4, -0.2) is 62.2 Å². The van der Waals surface area contributed by atoms with Gasteiger partial charge in [0.2, 0.25) is 10.0 Å². The van der Waals surface area contributed by atoms with E-state index in [1.165, 1.54) is 16.4 Å². The first kappa shape index (κ1) is 21.6. The van der Waals surface area contributed by atoms with Crippen molar-refractivity contribution in [3.63, 3.8) is 0 Å². The lowest BCUT2D eigenvalue weighted by Crippen LogP contribution is -2.50. The number of hydrogen-bond donors (Lipinski definition) is 1. The standard InChI is InChI=1S/C21H22ClN3O5S/c1-13-7-14(2)9-15(8-13)21(27)24-3-5-25(6-4-24)31(28,29)19-11-18-17(10-16(19)22)23-20(26)12-30-18/h7-11H,3-6,12H2,1-2H3,(H,23,26). The Labute approximate surface area is 185 Å². The molecule has 1 fully saturated rings. The van der Waals surface area contributed by atoms with Gasteiger partial charge in [-0.25, -0.2) is 8.42 Å². The summed E-state index contributed by atoms with van der Waals surface area (Å²) in [5.41, 5.74) is 2.95. The molecule has 2 aliphatic rings. The molecule has 1 saturated heterocycles. The summed E-state index contributed by atoms with van der Waals surface area (Å²) in [6.45, 7) is 4.55. The molecule has 31 heavy (non-hydrogen) atoms. The van der Waals surface area contributed by atoms with Crippen LogP contribution in [0.3, 0.4) is 0 Å². The number of amides is 2. The maximum Gasteiger partial charge on any atom is 0.262 e. The summed E-state index contributed by atoms with van der Waals surface area (Å²) in [6, 6.07) is 8.38. The lowest BCUT2D eigenvalue weighted by molar-refractivity contribution is -0.118. The third-order valence-corrected chi connectivity index (χ3v) is 7.64. The zero-order valence-electron chi connectivity index (χ0n) is 17.1. The lowest BCUT2D eigenvalue weighted by Gasteiger charge is -2.34. The summed E-state index contributed by atoms with van der Waals surface area (Å²) in [7, 11) is -3.90. The van der Waals surface area contributed by atoms with Crippen LogP contribution in [0.2, 0.25) is 5.02 Å². The molecule has 0 unspecified atom stereocenters. The van der Waals surface area contributed by atoms with Crippen molar-refractivity contribution in [1.29, 1.82) is 0 Å². The first-order chi connectivity index (χ1) is 14.6. The van der Waals surface area contributed by atoms with Crippen LogP contribution in [0, 0.1) is 13.8 Å². The SMILES string of the molecule is Cc1cc(C)cc(C(=O)N2CCN(S(=O)(=O)c3cc4c(cc3Cl)NC(=O)CO4)CC2)c1. The van der Waals surface area contributed by atoms with Gasteiger partial charge in [-0.1, -0.05) is 28.8 Å². The molecule has 1 N–H and O–H groups in total. The molecule has 0 radical (unpaired) electrons. The first-order valence-electron chi connectivity index (χ1n) is 9.79. The smallest absolute Gasteiger partial charge is 0.262 e. The summed E-state index contributed by atoms with van der Waals surface area (Å²) in [6.07, 6.45) is 0. The number of halogens is 1. The number of benzene rings is 2. The van der Waals surface area contributed by atoms with E-state index in [0.717, 1.165) is 11.1 Å². The minimum Gasteiger partial charge on any atom is -0.482 e. The van der Waals surface area contributed by atoms with E-state index in [1.807, 2.05) is 32.0 Å². The van der Waals surface area contributed by atoms with Crippen LogP contribution in [-0.2, 0) is 14.8 Å². The fraction of sp³-hybridized carbons (Fsp3) is 0.333. The quantitative estimate of drug-likeness (QED) is 0.754. The molecule has 8 nitrogen and oxygen atoms in total. The summed E-state index contributed by atoms with van der Waals surface area (Å²) >= 11 is 6.22. The van der Waals surface area contributed by atoms with E-state index in [0.29, 0.717) is 11.3 Å². The van der Waals surface area contributed by atoms with Crippen molar-refractivity contribution in [1.82, 2.24) is 9.21 Å². The highest BCUT2D eigenvalue weighted by atomic mass is 35.5. The van der Waals surface area contributed by atoms with E-state index < -0.39 is 10.0 Å². The number of nitrogens with one attached hydrogen (secondary N) is 1. The van der Waals surface area contributed by atoms with E-state index in [4.69, 9.17) is 16.3 Å². The predicted molar refractivity (Wildman–Crippen MR) is 116 cm³/mol. The van der Waals surface area contributed by atoms with Gasteiger partial charge in [0.1, 0.15) is 10.6 Å². The van der Waals surface area contributed by atoms with Gasteiger partial charge in [-0.2, -0.15) is 4.31 Å². The highest BCUT2D eigenvalue weighted by Gasteiger charge is 2.33. The average Bonchev–Trinajstić information content (AvgIpc) is 2.72. The fourth-order valence-electron chi connectivity index (χ4n) is 3.83. The van der Waals surface area contributed by atoms with Gasteiger partial charge in [0.25, 0.3) is 11.8 Å².